The molecule has 0 unspecified atom stereocenters. The molecule has 0 radical (unpaired) electrons. The van der Waals surface area contributed by atoms with Crippen molar-refractivity contribution in [1.29, 1.82) is 0 Å². The highest BCUT2D eigenvalue weighted by Crippen LogP contribution is 2.23. The number of likely N-dealkylation sites (tertiary alicyclic amines) is 1. The topological polar surface area (TPSA) is 49.8 Å². The van der Waals surface area contributed by atoms with Crippen molar-refractivity contribution in [3.63, 3.8) is 0 Å². The fraction of sp³-hybridized carbons (Fsp3) is 0.500. The van der Waals surface area contributed by atoms with Gasteiger partial charge in [0.25, 0.3) is 0 Å². The summed E-state index contributed by atoms with van der Waals surface area (Å²) in [6.45, 7) is 2.14. The second-order valence-electron chi connectivity index (χ2n) is 4.93. The first-order chi connectivity index (χ1) is 9.54. The van der Waals surface area contributed by atoms with Gasteiger partial charge in [-0.2, -0.15) is 0 Å². The summed E-state index contributed by atoms with van der Waals surface area (Å²) >= 11 is 11.8. The number of rotatable bonds is 5. The highest BCUT2D eigenvalue weighted by atomic mass is 35.5. The first kappa shape index (κ1) is 15.6. The molecule has 0 aromatic heterocycles. The van der Waals surface area contributed by atoms with Gasteiger partial charge < -0.3 is 9.84 Å². The average Bonchev–Trinajstić information content (AvgIpc) is 2.41. The van der Waals surface area contributed by atoms with E-state index >= 15 is 0 Å². The van der Waals surface area contributed by atoms with Crippen molar-refractivity contribution < 1.29 is 14.6 Å². The molecule has 2 rings (SSSR count). The van der Waals surface area contributed by atoms with Gasteiger partial charge in [-0.15, -0.1) is 0 Å². The van der Waals surface area contributed by atoms with Crippen LogP contribution in [-0.4, -0.2) is 41.7 Å². The standard InChI is InChI=1S/C14H17Cl2NO3/c15-12-2-1-10(7-13(12)16)9-20-11-3-5-17(6-4-11)8-14(18)19/h1-2,7,11H,3-6,8-9H2,(H,18,19). The minimum atomic E-state index is -0.778. The molecule has 1 aliphatic heterocycles. The Balaban J connectivity index is 1.75. The number of halogens is 2. The molecule has 1 aromatic carbocycles. The van der Waals surface area contributed by atoms with E-state index in [4.69, 9.17) is 33.0 Å². The predicted octanol–water partition coefficient (Wildman–Crippen LogP) is 3.06. The Morgan fingerprint density at radius 2 is 2.00 bits per heavy atom. The van der Waals surface area contributed by atoms with E-state index in [9.17, 15) is 4.79 Å². The normalized spacial score (nSPS) is 17.3. The Hall–Kier alpha value is -0.810. The zero-order chi connectivity index (χ0) is 14.5. The van der Waals surface area contributed by atoms with Gasteiger partial charge in [0.1, 0.15) is 0 Å². The number of nitrogens with zero attached hydrogens (tertiary/aromatic N) is 1. The Morgan fingerprint density at radius 1 is 1.30 bits per heavy atom. The molecule has 4 nitrogen and oxygen atoms in total. The van der Waals surface area contributed by atoms with E-state index in [0.717, 1.165) is 31.5 Å². The molecule has 6 heteroatoms. The second-order valence-corrected chi connectivity index (χ2v) is 5.74. The van der Waals surface area contributed by atoms with E-state index in [1.54, 1.807) is 6.07 Å². The summed E-state index contributed by atoms with van der Waals surface area (Å²) in [5, 5.41) is 9.81. The summed E-state index contributed by atoms with van der Waals surface area (Å²) < 4.78 is 5.84. The zero-order valence-electron chi connectivity index (χ0n) is 11.0. The lowest BCUT2D eigenvalue weighted by atomic mass is 10.1. The first-order valence-corrected chi connectivity index (χ1v) is 7.30. The summed E-state index contributed by atoms with van der Waals surface area (Å²) in [4.78, 5) is 12.6. The van der Waals surface area contributed by atoms with Gasteiger partial charge in [0.2, 0.25) is 0 Å². The Morgan fingerprint density at radius 3 is 2.60 bits per heavy atom. The summed E-state index contributed by atoms with van der Waals surface area (Å²) in [5.41, 5.74) is 0.993. The molecular formula is C14H17Cl2NO3. The van der Waals surface area contributed by atoms with Crippen molar-refractivity contribution in [3.05, 3.63) is 33.8 Å². The molecule has 1 aliphatic rings. The molecule has 1 N–H and O–H groups in total. The molecule has 20 heavy (non-hydrogen) atoms. The van der Waals surface area contributed by atoms with Crippen LogP contribution in [0.2, 0.25) is 10.0 Å². The highest BCUT2D eigenvalue weighted by molar-refractivity contribution is 6.42. The molecule has 0 spiro atoms. The summed E-state index contributed by atoms with van der Waals surface area (Å²) in [6, 6.07) is 5.47. The number of benzene rings is 1. The van der Waals surface area contributed by atoms with E-state index in [2.05, 4.69) is 0 Å². The van der Waals surface area contributed by atoms with Crippen molar-refractivity contribution in [2.45, 2.75) is 25.6 Å². The van der Waals surface area contributed by atoms with Gasteiger partial charge in [-0.1, -0.05) is 29.3 Å². The Kier molecular flexibility index (Phi) is 5.66. The lowest BCUT2D eigenvalue weighted by Gasteiger charge is -2.30. The lowest BCUT2D eigenvalue weighted by molar-refractivity contribution is -0.139. The maximum atomic E-state index is 10.6. The van der Waals surface area contributed by atoms with Crippen molar-refractivity contribution in [2.24, 2.45) is 0 Å². The monoisotopic (exact) mass is 317 g/mol. The minimum Gasteiger partial charge on any atom is -0.480 e. The molecule has 0 atom stereocenters. The largest absolute Gasteiger partial charge is 0.480 e. The van der Waals surface area contributed by atoms with Crippen LogP contribution in [0.25, 0.3) is 0 Å². The maximum Gasteiger partial charge on any atom is 0.317 e. The van der Waals surface area contributed by atoms with Crippen molar-refractivity contribution >= 4 is 29.2 Å². The number of aliphatic carboxylic acids is 1. The molecule has 0 aliphatic carbocycles. The van der Waals surface area contributed by atoms with Gasteiger partial charge in [0.15, 0.2) is 0 Å². The van der Waals surface area contributed by atoms with Gasteiger partial charge in [-0.05, 0) is 30.5 Å². The first-order valence-electron chi connectivity index (χ1n) is 6.54. The molecule has 1 heterocycles. The lowest BCUT2D eigenvalue weighted by Crippen LogP contribution is -2.39. The summed E-state index contributed by atoms with van der Waals surface area (Å²) in [5.74, 6) is -0.778. The SMILES string of the molecule is O=C(O)CN1CCC(OCc2ccc(Cl)c(Cl)c2)CC1. The number of carbonyl (C=O) groups is 1. The molecule has 110 valence electrons. The second kappa shape index (κ2) is 7.27. The van der Waals surface area contributed by atoms with Crippen LogP contribution in [0.3, 0.4) is 0 Å². The molecule has 0 bridgehead atoms. The van der Waals surface area contributed by atoms with E-state index < -0.39 is 5.97 Å². The average molecular weight is 318 g/mol. The third-order valence-electron chi connectivity index (χ3n) is 3.36. The third-order valence-corrected chi connectivity index (χ3v) is 4.10. The van der Waals surface area contributed by atoms with E-state index in [0.29, 0.717) is 16.7 Å². The zero-order valence-corrected chi connectivity index (χ0v) is 12.5. The smallest absolute Gasteiger partial charge is 0.317 e. The molecule has 1 saturated heterocycles. The van der Waals surface area contributed by atoms with Crippen LogP contribution in [0, 0.1) is 0 Å². The number of ether oxygens (including phenoxy) is 1. The molecular weight excluding hydrogens is 301 g/mol. The molecule has 0 amide bonds. The number of carboxylic acid groups (broad SMARTS) is 1. The van der Waals surface area contributed by atoms with Crippen molar-refractivity contribution in [2.75, 3.05) is 19.6 Å². The van der Waals surface area contributed by atoms with Crippen LogP contribution in [0.4, 0.5) is 0 Å². The molecule has 1 aromatic rings. The van der Waals surface area contributed by atoms with Gasteiger partial charge >= 0.3 is 5.97 Å². The minimum absolute atomic E-state index is 0.111. The summed E-state index contributed by atoms with van der Waals surface area (Å²) in [7, 11) is 0. The maximum absolute atomic E-state index is 10.6. The molecule has 0 saturated carbocycles. The number of hydrogen-bond acceptors (Lipinski definition) is 3. The number of piperidine rings is 1. The van der Waals surface area contributed by atoms with Gasteiger partial charge in [-0.25, -0.2) is 0 Å². The van der Waals surface area contributed by atoms with Gasteiger partial charge in [0, 0.05) is 13.1 Å². The number of hydrogen-bond donors (Lipinski definition) is 1. The van der Waals surface area contributed by atoms with Crippen LogP contribution in [-0.2, 0) is 16.1 Å². The predicted molar refractivity (Wildman–Crippen MR) is 78.3 cm³/mol. The van der Waals surface area contributed by atoms with Crippen LogP contribution in [0.5, 0.6) is 0 Å². The van der Waals surface area contributed by atoms with Crippen molar-refractivity contribution in [3.8, 4) is 0 Å². The van der Waals surface area contributed by atoms with Crippen molar-refractivity contribution in [1.82, 2.24) is 4.90 Å². The number of carboxylic acids is 1. The van der Waals surface area contributed by atoms with Gasteiger partial charge in [-0.3, -0.25) is 9.69 Å². The van der Waals surface area contributed by atoms with Crippen LogP contribution < -0.4 is 0 Å². The third kappa shape index (κ3) is 4.63. The fourth-order valence-corrected chi connectivity index (χ4v) is 2.59. The van der Waals surface area contributed by atoms with E-state index in [1.165, 1.54) is 0 Å². The van der Waals surface area contributed by atoms with E-state index in [1.807, 2.05) is 17.0 Å². The van der Waals surface area contributed by atoms with Crippen LogP contribution in [0.1, 0.15) is 18.4 Å². The van der Waals surface area contributed by atoms with Crippen LogP contribution in [0.15, 0.2) is 18.2 Å². The Labute approximate surface area is 128 Å². The van der Waals surface area contributed by atoms with Crippen LogP contribution >= 0.6 is 23.2 Å². The van der Waals surface area contributed by atoms with Gasteiger partial charge in [0.05, 0.1) is 29.3 Å². The Bertz CT molecular complexity index is 473. The fourth-order valence-electron chi connectivity index (χ4n) is 2.27. The van der Waals surface area contributed by atoms with E-state index in [-0.39, 0.29) is 12.6 Å². The highest BCUT2D eigenvalue weighted by Gasteiger charge is 2.21. The molecule has 1 fully saturated rings. The quantitative estimate of drug-likeness (QED) is 0.906. The summed E-state index contributed by atoms with van der Waals surface area (Å²) in [6.07, 6.45) is 1.89.